The summed E-state index contributed by atoms with van der Waals surface area (Å²) in [5.74, 6) is -0.361. The van der Waals surface area contributed by atoms with E-state index in [1.807, 2.05) is 0 Å². The van der Waals surface area contributed by atoms with Crippen molar-refractivity contribution in [3.05, 3.63) is 48.6 Å². The zero-order valence-corrected chi connectivity index (χ0v) is 21.1. The standard InChI is InChI=1S/C22H33Br3O2/c1-2-3-4-5-6-7-8-9-10-11-12-13-14-15-16-17-18-19-20-27-21(26)22(23,24)25/h6-7,9-10,12-13,15-16H,2-5,8,11,14,17-20H2,1H3/b7-6-,10-9-,13-12-,16-15-. The average Bonchev–Trinajstić information content (AvgIpc) is 2.62. The van der Waals surface area contributed by atoms with Crippen molar-refractivity contribution in [2.24, 2.45) is 0 Å². The fourth-order valence-electron chi connectivity index (χ4n) is 2.17. The molecule has 5 heteroatoms. The first-order chi connectivity index (χ1) is 13.0. The maximum absolute atomic E-state index is 11.5. The Kier molecular flexibility index (Phi) is 19.1. The van der Waals surface area contributed by atoms with Gasteiger partial charge >= 0.3 is 5.97 Å². The molecule has 0 fully saturated rings. The summed E-state index contributed by atoms with van der Waals surface area (Å²) in [5, 5.41) is 0. The van der Waals surface area contributed by atoms with Gasteiger partial charge in [0.2, 0.25) is 2.14 Å². The lowest BCUT2D eigenvalue weighted by Crippen LogP contribution is -2.20. The third-order valence-corrected chi connectivity index (χ3v) is 4.66. The van der Waals surface area contributed by atoms with Crippen molar-refractivity contribution in [3.63, 3.8) is 0 Å². The van der Waals surface area contributed by atoms with Crippen molar-refractivity contribution >= 4 is 53.8 Å². The molecule has 27 heavy (non-hydrogen) atoms. The second-order valence-electron chi connectivity index (χ2n) is 6.22. The van der Waals surface area contributed by atoms with E-state index in [0.717, 1.165) is 38.5 Å². The number of halogens is 3. The Hall–Kier alpha value is -0.130. The van der Waals surface area contributed by atoms with E-state index < -0.39 is 2.14 Å². The smallest absolute Gasteiger partial charge is 0.344 e. The van der Waals surface area contributed by atoms with Crippen molar-refractivity contribution in [3.8, 4) is 0 Å². The Balaban J connectivity index is 3.48. The molecule has 0 aromatic rings. The molecule has 0 saturated carbocycles. The zero-order valence-electron chi connectivity index (χ0n) is 16.3. The number of hydrogen-bond acceptors (Lipinski definition) is 2. The van der Waals surface area contributed by atoms with E-state index in [1.54, 1.807) is 0 Å². The van der Waals surface area contributed by atoms with Crippen molar-refractivity contribution in [1.82, 2.24) is 0 Å². The largest absolute Gasteiger partial charge is 0.463 e. The van der Waals surface area contributed by atoms with Crippen LogP contribution in [0.2, 0.25) is 0 Å². The topological polar surface area (TPSA) is 26.3 Å². The SMILES string of the molecule is CCCCC/C=C\C/C=C\C/C=C\C/C=C\CCCCOC(=O)C(Br)(Br)Br. The molecule has 0 atom stereocenters. The van der Waals surface area contributed by atoms with E-state index in [2.05, 4.69) is 103 Å². The summed E-state index contributed by atoms with van der Waals surface area (Å²) in [6.07, 6.45) is 28.8. The molecule has 0 saturated heterocycles. The molecule has 0 bridgehead atoms. The van der Waals surface area contributed by atoms with Crippen molar-refractivity contribution in [1.29, 1.82) is 0 Å². The first kappa shape index (κ1) is 26.9. The summed E-state index contributed by atoms with van der Waals surface area (Å²) in [4.78, 5) is 11.5. The van der Waals surface area contributed by atoms with Gasteiger partial charge in [-0.3, -0.25) is 0 Å². The van der Waals surface area contributed by atoms with Gasteiger partial charge in [0.05, 0.1) is 6.61 Å². The molecule has 0 N–H and O–H groups in total. The van der Waals surface area contributed by atoms with E-state index in [1.165, 1.54) is 25.7 Å². The Morgan fingerprint density at radius 3 is 1.63 bits per heavy atom. The minimum Gasteiger partial charge on any atom is -0.463 e. The molecule has 0 unspecified atom stereocenters. The van der Waals surface area contributed by atoms with Gasteiger partial charge in [-0.05, 0) is 99.2 Å². The predicted molar refractivity (Wildman–Crippen MR) is 129 cm³/mol. The molecule has 0 amide bonds. The van der Waals surface area contributed by atoms with Gasteiger partial charge in [0.1, 0.15) is 0 Å². The summed E-state index contributed by atoms with van der Waals surface area (Å²) < 4.78 is 4.15. The van der Waals surface area contributed by atoms with Gasteiger partial charge in [-0.1, -0.05) is 68.4 Å². The number of alkyl halides is 3. The predicted octanol–water partition coefficient (Wildman–Crippen LogP) is 8.51. The summed E-state index contributed by atoms with van der Waals surface area (Å²) in [6, 6.07) is 0. The van der Waals surface area contributed by atoms with Gasteiger partial charge in [0.15, 0.2) is 0 Å². The summed E-state index contributed by atoms with van der Waals surface area (Å²) in [7, 11) is 0. The van der Waals surface area contributed by atoms with E-state index >= 15 is 0 Å². The van der Waals surface area contributed by atoms with Gasteiger partial charge in [0, 0.05) is 0 Å². The van der Waals surface area contributed by atoms with Crippen molar-refractivity contribution in [2.75, 3.05) is 6.61 Å². The van der Waals surface area contributed by atoms with Crippen LogP contribution in [0.5, 0.6) is 0 Å². The highest BCUT2D eigenvalue weighted by atomic mass is 80.0. The number of rotatable bonds is 15. The van der Waals surface area contributed by atoms with Gasteiger partial charge < -0.3 is 4.74 Å². The lowest BCUT2D eigenvalue weighted by molar-refractivity contribution is -0.141. The second-order valence-corrected chi connectivity index (χ2v) is 13.0. The lowest BCUT2D eigenvalue weighted by atomic mass is 10.2. The van der Waals surface area contributed by atoms with E-state index in [-0.39, 0.29) is 5.97 Å². The number of esters is 1. The number of carbonyl (C=O) groups is 1. The highest BCUT2D eigenvalue weighted by Crippen LogP contribution is 2.34. The van der Waals surface area contributed by atoms with Gasteiger partial charge in [-0.25, -0.2) is 4.79 Å². The summed E-state index contributed by atoms with van der Waals surface area (Å²) >= 11 is 9.40. The summed E-state index contributed by atoms with van der Waals surface area (Å²) in [5.41, 5.74) is 0. The third-order valence-electron chi connectivity index (χ3n) is 3.69. The van der Waals surface area contributed by atoms with Crippen LogP contribution in [0.15, 0.2) is 48.6 Å². The van der Waals surface area contributed by atoms with Crippen LogP contribution in [-0.2, 0) is 9.53 Å². The van der Waals surface area contributed by atoms with E-state index in [0.29, 0.717) is 6.61 Å². The van der Waals surface area contributed by atoms with Crippen molar-refractivity contribution < 1.29 is 9.53 Å². The number of allylic oxidation sites excluding steroid dienone is 8. The molecule has 0 spiro atoms. The molecule has 0 aliphatic carbocycles. The van der Waals surface area contributed by atoms with Crippen LogP contribution in [-0.4, -0.2) is 14.7 Å². The fraction of sp³-hybridized carbons (Fsp3) is 0.591. The molecule has 0 aliphatic rings. The first-order valence-electron chi connectivity index (χ1n) is 9.82. The molecule has 0 aliphatic heterocycles. The monoisotopic (exact) mass is 566 g/mol. The Morgan fingerprint density at radius 2 is 1.19 bits per heavy atom. The van der Waals surface area contributed by atoms with Crippen LogP contribution in [0, 0.1) is 0 Å². The van der Waals surface area contributed by atoms with Crippen LogP contribution in [0.4, 0.5) is 0 Å². The average molecular weight is 569 g/mol. The molecular weight excluding hydrogens is 536 g/mol. The van der Waals surface area contributed by atoms with Crippen LogP contribution in [0.25, 0.3) is 0 Å². The fourth-order valence-corrected chi connectivity index (χ4v) is 2.52. The van der Waals surface area contributed by atoms with Crippen LogP contribution in [0.3, 0.4) is 0 Å². The maximum atomic E-state index is 11.5. The molecule has 0 heterocycles. The Morgan fingerprint density at radius 1 is 0.741 bits per heavy atom. The highest BCUT2D eigenvalue weighted by Gasteiger charge is 2.30. The zero-order chi connectivity index (χ0) is 20.2. The Labute approximate surface area is 191 Å². The van der Waals surface area contributed by atoms with Crippen LogP contribution < -0.4 is 0 Å². The molecular formula is C22H33Br3O2. The molecule has 0 rings (SSSR count). The molecule has 0 radical (unpaired) electrons. The minimum atomic E-state index is -0.959. The van der Waals surface area contributed by atoms with Gasteiger partial charge in [-0.2, -0.15) is 0 Å². The lowest BCUT2D eigenvalue weighted by Gasteiger charge is -2.10. The molecule has 0 aromatic carbocycles. The third kappa shape index (κ3) is 20.4. The highest BCUT2D eigenvalue weighted by molar-refractivity contribution is 9.40. The van der Waals surface area contributed by atoms with Crippen LogP contribution >= 0.6 is 47.8 Å². The minimum absolute atomic E-state index is 0.361. The first-order valence-corrected chi connectivity index (χ1v) is 12.2. The number of unbranched alkanes of at least 4 members (excludes halogenated alkanes) is 5. The normalized spacial score (nSPS) is 12.9. The van der Waals surface area contributed by atoms with Gasteiger partial charge in [0.25, 0.3) is 0 Å². The second kappa shape index (κ2) is 19.2. The van der Waals surface area contributed by atoms with Crippen molar-refractivity contribution in [2.45, 2.75) is 73.3 Å². The number of carbonyl (C=O) groups excluding carboxylic acids is 1. The van der Waals surface area contributed by atoms with E-state index in [9.17, 15) is 4.79 Å². The molecule has 0 aromatic heterocycles. The van der Waals surface area contributed by atoms with E-state index in [4.69, 9.17) is 4.74 Å². The van der Waals surface area contributed by atoms with Gasteiger partial charge in [-0.15, -0.1) is 0 Å². The number of hydrogen-bond donors (Lipinski definition) is 0. The number of ether oxygens (including phenoxy) is 1. The van der Waals surface area contributed by atoms with Crippen LogP contribution in [0.1, 0.15) is 71.1 Å². The molecule has 2 nitrogen and oxygen atoms in total. The summed E-state index contributed by atoms with van der Waals surface area (Å²) in [6.45, 7) is 2.68. The quantitative estimate of drug-likeness (QED) is 0.0856. The maximum Gasteiger partial charge on any atom is 0.344 e. The molecule has 154 valence electrons. The Bertz CT molecular complexity index is 474.